The van der Waals surface area contributed by atoms with Crippen molar-refractivity contribution in [2.45, 2.75) is 31.7 Å². The minimum absolute atomic E-state index is 0.0247. The minimum atomic E-state index is -0.961. The van der Waals surface area contributed by atoms with Crippen LogP contribution in [0.4, 0.5) is 5.82 Å². The van der Waals surface area contributed by atoms with Gasteiger partial charge in [-0.3, -0.25) is 9.59 Å². The molecule has 0 saturated carbocycles. The highest BCUT2D eigenvalue weighted by Crippen LogP contribution is 2.27. The number of anilines is 1. The number of H-pyrrole nitrogens is 1. The van der Waals surface area contributed by atoms with Crippen molar-refractivity contribution in [3.05, 3.63) is 35.7 Å². The van der Waals surface area contributed by atoms with E-state index in [-0.39, 0.29) is 24.8 Å². The maximum Gasteiger partial charge on any atom is 0.303 e. The van der Waals surface area contributed by atoms with Gasteiger partial charge in [-0.05, 0) is 25.0 Å². The van der Waals surface area contributed by atoms with E-state index in [4.69, 9.17) is 16.7 Å². The number of hydrogen-bond acceptors (Lipinski definition) is 6. The summed E-state index contributed by atoms with van der Waals surface area (Å²) in [5.41, 5.74) is 1.51. The molecule has 1 fully saturated rings. The summed E-state index contributed by atoms with van der Waals surface area (Å²) in [6.45, 7) is 1.17. The molecule has 1 aliphatic rings. The van der Waals surface area contributed by atoms with Gasteiger partial charge >= 0.3 is 5.97 Å². The van der Waals surface area contributed by atoms with Gasteiger partial charge in [-0.15, -0.1) is 0 Å². The number of nitrogens with zero attached hydrogens (tertiary/aromatic N) is 4. The molecule has 0 spiro atoms. The van der Waals surface area contributed by atoms with Crippen LogP contribution in [0.5, 0.6) is 0 Å². The van der Waals surface area contributed by atoms with Crippen molar-refractivity contribution >= 4 is 40.3 Å². The van der Waals surface area contributed by atoms with Gasteiger partial charge in [-0.25, -0.2) is 15.0 Å². The van der Waals surface area contributed by atoms with Crippen LogP contribution in [-0.2, 0) is 9.59 Å². The second-order valence-electron chi connectivity index (χ2n) is 7.23. The maximum absolute atomic E-state index is 12.3. The van der Waals surface area contributed by atoms with Crippen molar-refractivity contribution in [3.8, 4) is 11.4 Å². The third-order valence-electron chi connectivity index (χ3n) is 5.07. The average Bonchev–Trinajstić information content (AvgIpc) is 3.15. The first-order valence-corrected chi connectivity index (χ1v) is 10.1. The number of rotatable bonds is 6. The summed E-state index contributed by atoms with van der Waals surface area (Å²) >= 11 is 6.08. The zero-order chi connectivity index (χ0) is 21.1. The van der Waals surface area contributed by atoms with Crippen LogP contribution in [0.3, 0.4) is 0 Å². The molecule has 1 unspecified atom stereocenters. The number of amides is 1. The van der Waals surface area contributed by atoms with Crippen molar-refractivity contribution in [1.82, 2.24) is 24.8 Å². The van der Waals surface area contributed by atoms with Gasteiger partial charge in [0.1, 0.15) is 11.5 Å². The Kier molecular flexibility index (Phi) is 5.80. The van der Waals surface area contributed by atoms with Crippen molar-refractivity contribution in [2.75, 3.05) is 18.4 Å². The SMILES string of the molecule is O=C(O)CCC(=O)N1CCCC(Nc2ccnc(-c3c[nH]c4ncc(Cl)cc34)n2)C1. The van der Waals surface area contributed by atoms with E-state index in [9.17, 15) is 9.59 Å². The molecule has 3 aromatic rings. The van der Waals surface area contributed by atoms with Gasteiger partial charge in [0.25, 0.3) is 0 Å². The van der Waals surface area contributed by atoms with Gasteiger partial charge in [0.05, 0.1) is 11.4 Å². The van der Waals surface area contributed by atoms with Crippen molar-refractivity contribution in [2.24, 2.45) is 0 Å². The summed E-state index contributed by atoms with van der Waals surface area (Å²) in [5, 5.41) is 13.5. The van der Waals surface area contributed by atoms with Crippen molar-refractivity contribution in [1.29, 1.82) is 0 Å². The van der Waals surface area contributed by atoms with E-state index in [1.165, 1.54) is 0 Å². The third-order valence-corrected chi connectivity index (χ3v) is 5.28. The van der Waals surface area contributed by atoms with E-state index in [0.29, 0.717) is 35.4 Å². The summed E-state index contributed by atoms with van der Waals surface area (Å²) < 4.78 is 0. The highest BCUT2D eigenvalue weighted by atomic mass is 35.5. The Morgan fingerprint density at radius 1 is 1.33 bits per heavy atom. The molecule has 0 aromatic carbocycles. The van der Waals surface area contributed by atoms with Crippen molar-refractivity contribution in [3.63, 3.8) is 0 Å². The summed E-state index contributed by atoms with van der Waals surface area (Å²) in [7, 11) is 0. The first kappa shape index (κ1) is 20.1. The first-order valence-electron chi connectivity index (χ1n) is 9.72. The van der Waals surface area contributed by atoms with Gasteiger partial charge in [0.2, 0.25) is 5.91 Å². The number of aromatic nitrogens is 4. The van der Waals surface area contributed by atoms with Crippen LogP contribution in [0.2, 0.25) is 5.02 Å². The Morgan fingerprint density at radius 3 is 3.03 bits per heavy atom. The number of piperidine rings is 1. The number of carboxylic acid groups (broad SMARTS) is 1. The molecule has 156 valence electrons. The summed E-state index contributed by atoms with van der Waals surface area (Å²) in [5.74, 6) is 0.113. The van der Waals surface area contributed by atoms with Gasteiger partial charge in [-0.2, -0.15) is 0 Å². The maximum atomic E-state index is 12.3. The number of hydrogen-bond donors (Lipinski definition) is 3. The Balaban J connectivity index is 1.47. The largest absolute Gasteiger partial charge is 0.481 e. The van der Waals surface area contributed by atoms with Crippen molar-refractivity contribution < 1.29 is 14.7 Å². The lowest BCUT2D eigenvalue weighted by molar-refractivity contribution is -0.141. The molecule has 1 amide bonds. The lowest BCUT2D eigenvalue weighted by atomic mass is 10.0. The summed E-state index contributed by atoms with van der Waals surface area (Å²) in [6.07, 6.45) is 6.69. The molecule has 9 nitrogen and oxygen atoms in total. The smallest absolute Gasteiger partial charge is 0.303 e. The second kappa shape index (κ2) is 8.66. The lowest BCUT2D eigenvalue weighted by Gasteiger charge is -2.33. The van der Waals surface area contributed by atoms with Crippen LogP contribution in [-0.4, -0.2) is 61.0 Å². The molecular formula is C20H21ClN6O3. The molecule has 1 aliphatic heterocycles. The van der Waals surface area contributed by atoms with Gasteiger partial charge in [-0.1, -0.05) is 11.6 Å². The first-order chi connectivity index (χ1) is 14.5. The molecule has 1 atom stereocenters. The fourth-order valence-electron chi connectivity index (χ4n) is 3.63. The van der Waals surface area contributed by atoms with Crippen LogP contribution < -0.4 is 5.32 Å². The molecule has 4 rings (SSSR count). The normalized spacial score (nSPS) is 16.6. The van der Waals surface area contributed by atoms with Gasteiger partial charge in [0.15, 0.2) is 5.82 Å². The lowest BCUT2D eigenvalue weighted by Crippen LogP contribution is -2.45. The molecule has 3 N–H and O–H groups in total. The number of aliphatic carboxylic acids is 1. The third kappa shape index (κ3) is 4.51. The number of aromatic amines is 1. The highest BCUT2D eigenvalue weighted by Gasteiger charge is 2.24. The van der Waals surface area contributed by atoms with Crippen LogP contribution >= 0.6 is 11.6 Å². The van der Waals surface area contributed by atoms with Crippen LogP contribution in [0, 0.1) is 0 Å². The zero-order valence-corrected chi connectivity index (χ0v) is 16.9. The number of halogens is 1. The number of pyridine rings is 1. The topological polar surface area (TPSA) is 124 Å². The van der Waals surface area contributed by atoms with E-state index in [1.54, 1.807) is 29.6 Å². The standard InChI is InChI=1S/C20H21ClN6O3/c21-12-8-14-15(10-24-19(14)23-9-12)20-22-6-5-16(26-20)25-13-2-1-7-27(11-13)17(28)3-4-18(29)30/h5-6,8-10,13H,1-4,7,11H2,(H,23,24)(H,29,30)(H,22,25,26). The van der Waals surface area contributed by atoms with E-state index < -0.39 is 5.97 Å². The molecule has 4 heterocycles. The van der Waals surface area contributed by atoms with Crippen LogP contribution in [0.15, 0.2) is 30.7 Å². The van der Waals surface area contributed by atoms with Gasteiger partial charge < -0.3 is 20.3 Å². The Hall–Kier alpha value is -3.20. The summed E-state index contributed by atoms with van der Waals surface area (Å²) in [6, 6.07) is 3.64. The molecule has 30 heavy (non-hydrogen) atoms. The Bertz CT molecular complexity index is 1090. The van der Waals surface area contributed by atoms with E-state index in [2.05, 4.69) is 25.3 Å². The predicted molar refractivity (Wildman–Crippen MR) is 112 cm³/mol. The molecule has 0 aliphatic carbocycles. The number of fused-ring (bicyclic) bond motifs is 1. The van der Waals surface area contributed by atoms with Crippen LogP contribution in [0.25, 0.3) is 22.4 Å². The highest BCUT2D eigenvalue weighted by molar-refractivity contribution is 6.31. The van der Waals surface area contributed by atoms with Gasteiger partial charge in [0, 0.05) is 55.1 Å². The van der Waals surface area contributed by atoms with E-state index in [0.717, 1.165) is 23.8 Å². The number of likely N-dealkylation sites (tertiary alicyclic amines) is 1. The van der Waals surface area contributed by atoms with Crippen LogP contribution in [0.1, 0.15) is 25.7 Å². The molecule has 0 radical (unpaired) electrons. The molecule has 1 saturated heterocycles. The molecular weight excluding hydrogens is 408 g/mol. The molecule has 0 bridgehead atoms. The van der Waals surface area contributed by atoms with E-state index in [1.807, 2.05) is 6.07 Å². The second-order valence-corrected chi connectivity index (χ2v) is 7.67. The monoisotopic (exact) mass is 428 g/mol. The minimum Gasteiger partial charge on any atom is -0.481 e. The predicted octanol–water partition coefficient (Wildman–Crippen LogP) is 2.94. The zero-order valence-electron chi connectivity index (χ0n) is 16.1. The molecule has 3 aromatic heterocycles. The Labute approximate surface area is 177 Å². The fraction of sp³-hybridized carbons (Fsp3) is 0.350. The molecule has 10 heteroatoms. The quantitative estimate of drug-likeness (QED) is 0.551. The fourth-order valence-corrected chi connectivity index (χ4v) is 3.79. The average molecular weight is 429 g/mol. The number of carbonyl (C=O) groups excluding carboxylic acids is 1. The number of nitrogens with one attached hydrogen (secondary N) is 2. The number of carboxylic acids is 1. The summed E-state index contributed by atoms with van der Waals surface area (Å²) in [4.78, 5) is 41.0. The number of carbonyl (C=O) groups is 2. The Morgan fingerprint density at radius 2 is 2.20 bits per heavy atom. The van der Waals surface area contributed by atoms with E-state index >= 15 is 0 Å².